The Bertz CT molecular complexity index is 726. The Kier molecular flexibility index (Phi) is 6.88. The van der Waals surface area contributed by atoms with Crippen LogP contribution in [0.4, 0.5) is 10.5 Å². The minimum atomic E-state index is -0.133. The first-order chi connectivity index (χ1) is 13.1. The lowest BCUT2D eigenvalue weighted by Gasteiger charge is -2.36. The fourth-order valence-electron chi connectivity index (χ4n) is 4.04. The van der Waals surface area contributed by atoms with E-state index in [1.807, 2.05) is 31.2 Å². The van der Waals surface area contributed by atoms with Gasteiger partial charge in [-0.1, -0.05) is 18.2 Å². The first-order valence-corrected chi connectivity index (χ1v) is 10.8. The summed E-state index contributed by atoms with van der Waals surface area (Å²) in [6.45, 7) is 12.3. The molecule has 1 fully saturated rings. The highest BCUT2D eigenvalue weighted by Crippen LogP contribution is 2.20. The predicted molar refractivity (Wildman–Crippen MR) is 112 cm³/mol. The molecule has 1 aromatic heterocycles. The van der Waals surface area contributed by atoms with Crippen molar-refractivity contribution in [2.45, 2.75) is 32.9 Å². The van der Waals surface area contributed by atoms with E-state index in [0.29, 0.717) is 6.04 Å². The molecule has 146 valence electrons. The maximum atomic E-state index is 12.6. The molecular weight excluding hydrogens is 356 g/mol. The number of carbonyl (C=O) groups excluding carboxylic acids is 1. The van der Waals surface area contributed by atoms with Crippen molar-refractivity contribution in [2.24, 2.45) is 0 Å². The van der Waals surface area contributed by atoms with E-state index in [-0.39, 0.29) is 12.1 Å². The molecule has 0 radical (unpaired) electrons. The largest absolute Gasteiger partial charge is 0.329 e. The third kappa shape index (κ3) is 5.31. The maximum Gasteiger partial charge on any atom is 0.319 e. The van der Waals surface area contributed by atoms with Crippen LogP contribution in [0.25, 0.3) is 0 Å². The Labute approximate surface area is 166 Å². The Balaban J connectivity index is 1.66. The molecule has 1 aliphatic heterocycles. The summed E-state index contributed by atoms with van der Waals surface area (Å²) in [5.74, 6) is 0. The second kappa shape index (κ2) is 9.35. The van der Waals surface area contributed by atoms with Crippen molar-refractivity contribution >= 4 is 23.1 Å². The third-order valence-electron chi connectivity index (χ3n) is 5.52. The summed E-state index contributed by atoms with van der Waals surface area (Å²) < 4.78 is 0. The van der Waals surface area contributed by atoms with Crippen LogP contribution in [0.1, 0.15) is 30.3 Å². The molecule has 0 saturated carbocycles. The number of quaternary nitrogens is 2. The van der Waals surface area contributed by atoms with E-state index in [1.165, 1.54) is 24.5 Å². The standard InChI is InChI=1S/C21H30N4OS/c1-4-24-10-12-25(13-11-24)20(19-9-6-14-27-19)17(3)22-21(26)23-18-8-5-7-16(2)15-18/h5-9,14-15,17,20H,4,10-13H2,1-3H3,(H2,22,23,26)/p+2/t17-,20+/m1/s1. The first-order valence-electron chi connectivity index (χ1n) is 9.92. The summed E-state index contributed by atoms with van der Waals surface area (Å²) in [4.78, 5) is 17.2. The van der Waals surface area contributed by atoms with Crippen LogP contribution in [0, 0.1) is 6.92 Å². The summed E-state index contributed by atoms with van der Waals surface area (Å²) in [5, 5.41) is 8.29. The van der Waals surface area contributed by atoms with E-state index in [9.17, 15) is 4.79 Å². The maximum absolute atomic E-state index is 12.6. The molecule has 0 bridgehead atoms. The number of thiophene rings is 1. The molecule has 2 aromatic rings. The van der Waals surface area contributed by atoms with Crippen LogP contribution in [0.2, 0.25) is 0 Å². The number of anilines is 1. The van der Waals surface area contributed by atoms with Crippen LogP contribution in [-0.4, -0.2) is 44.8 Å². The average molecular weight is 389 g/mol. The van der Waals surface area contributed by atoms with Gasteiger partial charge in [-0.25, -0.2) is 4.79 Å². The summed E-state index contributed by atoms with van der Waals surface area (Å²) in [7, 11) is 0. The van der Waals surface area contributed by atoms with Crippen LogP contribution >= 0.6 is 11.3 Å². The van der Waals surface area contributed by atoms with Gasteiger partial charge in [0, 0.05) is 5.69 Å². The topological polar surface area (TPSA) is 50.0 Å². The number of aryl methyl sites for hydroxylation is 1. The third-order valence-corrected chi connectivity index (χ3v) is 6.48. The highest BCUT2D eigenvalue weighted by Gasteiger charge is 2.35. The number of nitrogens with one attached hydrogen (secondary N) is 4. The van der Waals surface area contributed by atoms with Gasteiger partial charge in [-0.3, -0.25) is 0 Å². The SMILES string of the molecule is CC[NH+]1CC[NH+]([C@H](c2cccs2)[C@@H](C)NC(=O)Nc2cccc(C)c2)CC1. The van der Waals surface area contributed by atoms with Crippen molar-refractivity contribution in [1.82, 2.24) is 5.32 Å². The Morgan fingerprint density at radius 1 is 1.19 bits per heavy atom. The van der Waals surface area contributed by atoms with Gasteiger partial charge in [0.2, 0.25) is 0 Å². The molecule has 1 aliphatic rings. The zero-order chi connectivity index (χ0) is 19.2. The van der Waals surface area contributed by atoms with E-state index < -0.39 is 0 Å². The Hall–Kier alpha value is -1.89. The molecule has 3 rings (SSSR count). The van der Waals surface area contributed by atoms with E-state index in [0.717, 1.165) is 24.3 Å². The van der Waals surface area contributed by atoms with Crippen LogP contribution in [0.3, 0.4) is 0 Å². The minimum absolute atomic E-state index is 0.0617. The smallest absolute Gasteiger partial charge is 0.319 e. The van der Waals surface area contributed by atoms with Crippen molar-refractivity contribution in [3.05, 3.63) is 52.2 Å². The van der Waals surface area contributed by atoms with Crippen LogP contribution in [0.5, 0.6) is 0 Å². The zero-order valence-electron chi connectivity index (χ0n) is 16.5. The van der Waals surface area contributed by atoms with Gasteiger partial charge in [-0.2, -0.15) is 0 Å². The number of hydrogen-bond donors (Lipinski definition) is 4. The summed E-state index contributed by atoms with van der Waals surface area (Å²) in [5.41, 5.74) is 1.97. The lowest BCUT2D eigenvalue weighted by Crippen LogP contribution is -3.28. The molecule has 0 spiro atoms. The average Bonchev–Trinajstić information content (AvgIpc) is 3.16. The number of benzene rings is 1. The van der Waals surface area contributed by atoms with Crippen molar-refractivity contribution in [1.29, 1.82) is 0 Å². The predicted octanol–water partition coefficient (Wildman–Crippen LogP) is 1.11. The number of rotatable bonds is 6. The normalized spacial score (nSPS) is 22.0. The van der Waals surface area contributed by atoms with E-state index in [4.69, 9.17) is 0 Å². The molecule has 2 heterocycles. The lowest BCUT2D eigenvalue weighted by molar-refractivity contribution is -1.03. The molecule has 27 heavy (non-hydrogen) atoms. The van der Waals surface area contributed by atoms with Crippen LogP contribution < -0.4 is 20.4 Å². The van der Waals surface area contributed by atoms with Gasteiger partial charge in [0.1, 0.15) is 32.2 Å². The highest BCUT2D eigenvalue weighted by atomic mass is 32.1. The fourth-order valence-corrected chi connectivity index (χ4v) is 5.03. The van der Waals surface area contributed by atoms with Gasteiger partial charge in [0.25, 0.3) is 0 Å². The minimum Gasteiger partial charge on any atom is -0.329 e. The second-order valence-corrected chi connectivity index (χ2v) is 8.49. The van der Waals surface area contributed by atoms with Crippen LogP contribution in [0.15, 0.2) is 41.8 Å². The Morgan fingerprint density at radius 2 is 1.96 bits per heavy atom. The van der Waals surface area contributed by atoms with Crippen molar-refractivity contribution in [3.8, 4) is 0 Å². The monoisotopic (exact) mass is 388 g/mol. The Morgan fingerprint density at radius 3 is 2.59 bits per heavy atom. The molecular formula is C21H32N4OS+2. The van der Waals surface area contributed by atoms with Crippen molar-refractivity contribution < 1.29 is 14.6 Å². The molecule has 0 aliphatic carbocycles. The fraction of sp³-hybridized carbons (Fsp3) is 0.476. The summed E-state index contributed by atoms with van der Waals surface area (Å²) in [6, 6.07) is 12.4. The van der Waals surface area contributed by atoms with Gasteiger partial charge in [0.15, 0.2) is 0 Å². The van der Waals surface area contributed by atoms with E-state index in [1.54, 1.807) is 21.1 Å². The molecule has 2 atom stereocenters. The molecule has 1 saturated heterocycles. The van der Waals surface area contributed by atoms with Crippen molar-refractivity contribution in [3.63, 3.8) is 0 Å². The molecule has 4 N–H and O–H groups in total. The van der Waals surface area contributed by atoms with Gasteiger partial charge < -0.3 is 20.4 Å². The summed E-state index contributed by atoms with van der Waals surface area (Å²) >= 11 is 1.79. The van der Waals surface area contributed by atoms with Gasteiger partial charge in [-0.05, 0) is 49.9 Å². The number of hydrogen-bond acceptors (Lipinski definition) is 2. The number of urea groups is 1. The highest BCUT2D eigenvalue weighted by molar-refractivity contribution is 7.10. The molecule has 2 amide bonds. The molecule has 0 unspecified atom stereocenters. The number of piperazine rings is 1. The zero-order valence-corrected chi connectivity index (χ0v) is 17.4. The quantitative estimate of drug-likeness (QED) is 0.589. The summed E-state index contributed by atoms with van der Waals surface area (Å²) in [6.07, 6.45) is 0. The van der Waals surface area contributed by atoms with Crippen LogP contribution in [-0.2, 0) is 0 Å². The lowest BCUT2D eigenvalue weighted by atomic mass is 10.0. The van der Waals surface area contributed by atoms with Gasteiger partial charge in [-0.15, -0.1) is 11.3 Å². The molecule has 5 nitrogen and oxygen atoms in total. The molecule has 1 aromatic carbocycles. The van der Waals surface area contributed by atoms with Gasteiger partial charge >= 0.3 is 6.03 Å². The molecule has 6 heteroatoms. The van der Waals surface area contributed by atoms with Gasteiger partial charge in [0.05, 0.1) is 17.5 Å². The van der Waals surface area contributed by atoms with Crippen molar-refractivity contribution in [2.75, 3.05) is 38.0 Å². The first kappa shape index (κ1) is 19.9. The number of likely N-dealkylation sites (N-methyl/N-ethyl adjacent to an activating group) is 1. The van der Waals surface area contributed by atoms with E-state index >= 15 is 0 Å². The number of amides is 2. The second-order valence-electron chi connectivity index (χ2n) is 7.51. The number of carbonyl (C=O) groups is 1. The van der Waals surface area contributed by atoms with E-state index in [2.05, 4.69) is 42.0 Å².